The highest BCUT2D eigenvalue weighted by Crippen LogP contribution is 2.27. The molecule has 0 unspecified atom stereocenters. The first-order valence-corrected chi connectivity index (χ1v) is 9.98. The fourth-order valence-electron chi connectivity index (χ4n) is 3.00. The smallest absolute Gasteiger partial charge is 0.255 e. The number of aromatic nitrogens is 4. The van der Waals surface area contributed by atoms with Gasteiger partial charge in [-0.05, 0) is 35.7 Å². The van der Waals surface area contributed by atoms with Crippen molar-refractivity contribution < 1.29 is 4.79 Å². The van der Waals surface area contributed by atoms with Gasteiger partial charge in [-0.3, -0.25) is 9.89 Å². The van der Waals surface area contributed by atoms with E-state index in [1.54, 1.807) is 18.0 Å². The lowest BCUT2D eigenvalue weighted by atomic mass is 10.0. The first-order chi connectivity index (χ1) is 13.7. The predicted molar refractivity (Wildman–Crippen MR) is 111 cm³/mol. The number of nitrogens with one attached hydrogen (secondary N) is 2. The SMILES string of the molecule is CCc1ccccc1C(=O)Nc1cccc(CSc2ncnc3[nH]ncc23)c1. The molecule has 0 aliphatic carbocycles. The van der Waals surface area contributed by atoms with E-state index in [9.17, 15) is 4.79 Å². The van der Waals surface area contributed by atoms with Crippen LogP contribution in [0.3, 0.4) is 0 Å². The van der Waals surface area contributed by atoms with E-state index < -0.39 is 0 Å². The van der Waals surface area contributed by atoms with Gasteiger partial charge in [0, 0.05) is 17.0 Å². The Morgan fingerprint density at radius 2 is 2.04 bits per heavy atom. The molecule has 140 valence electrons. The minimum Gasteiger partial charge on any atom is -0.322 e. The van der Waals surface area contributed by atoms with E-state index in [2.05, 4.69) is 25.5 Å². The van der Waals surface area contributed by atoms with Gasteiger partial charge in [-0.25, -0.2) is 9.97 Å². The van der Waals surface area contributed by atoms with Crippen LogP contribution in [-0.4, -0.2) is 26.1 Å². The summed E-state index contributed by atoms with van der Waals surface area (Å²) in [5.74, 6) is 0.644. The summed E-state index contributed by atoms with van der Waals surface area (Å²) in [4.78, 5) is 21.2. The number of nitrogens with zero attached hydrogens (tertiary/aromatic N) is 3. The molecule has 0 spiro atoms. The van der Waals surface area contributed by atoms with Gasteiger partial charge >= 0.3 is 0 Å². The summed E-state index contributed by atoms with van der Waals surface area (Å²) in [5, 5.41) is 11.7. The molecule has 0 radical (unpaired) electrons. The van der Waals surface area contributed by atoms with Gasteiger partial charge in [0.1, 0.15) is 11.4 Å². The number of aromatic amines is 1. The highest BCUT2D eigenvalue weighted by Gasteiger charge is 2.11. The molecule has 4 rings (SSSR count). The van der Waals surface area contributed by atoms with Crippen molar-refractivity contribution in [2.75, 3.05) is 5.32 Å². The van der Waals surface area contributed by atoms with Crippen LogP contribution in [0.15, 0.2) is 66.1 Å². The van der Waals surface area contributed by atoms with Crippen LogP contribution >= 0.6 is 11.8 Å². The van der Waals surface area contributed by atoms with Crippen molar-refractivity contribution in [3.8, 4) is 0 Å². The van der Waals surface area contributed by atoms with Gasteiger partial charge < -0.3 is 5.32 Å². The second-order valence-corrected chi connectivity index (χ2v) is 7.23. The van der Waals surface area contributed by atoms with Crippen LogP contribution < -0.4 is 5.32 Å². The van der Waals surface area contributed by atoms with E-state index in [1.807, 2.05) is 55.5 Å². The Labute approximate surface area is 166 Å². The van der Waals surface area contributed by atoms with Gasteiger partial charge in [-0.2, -0.15) is 5.10 Å². The number of hydrogen-bond donors (Lipinski definition) is 2. The minimum absolute atomic E-state index is 0.0850. The van der Waals surface area contributed by atoms with E-state index in [-0.39, 0.29) is 5.91 Å². The number of rotatable bonds is 6. The van der Waals surface area contributed by atoms with E-state index >= 15 is 0 Å². The molecule has 4 aromatic rings. The normalized spacial score (nSPS) is 10.9. The van der Waals surface area contributed by atoms with E-state index in [0.29, 0.717) is 5.56 Å². The van der Waals surface area contributed by atoms with Crippen molar-refractivity contribution in [2.45, 2.75) is 24.1 Å². The van der Waals surface area contributed by atoms with Gasteiger partial charge in [0.25, 0.3) is 5.91 Å². The third-order valence-corrected chi connectivity index (χ3v) is 5.49. The Morgan fingerprint density at radius 1 is 1.14 bits per heavy atom. The largest absolute Gasteiger partial charge is 0.322 e. The molecule has 2 heterocycles. The molecule has 2 aromatic heterocycles. The van der Waals surface area contributed by atoms with Crippen molar-refractivity contribution in [3.05, 3.63) is 77.7 Å². The summed E-state index contributed by atoms with van der Waals surface area (Å²) in [7, 11) is 0. The molecule has 2 N–H and O–H groups in total. The zero-order valence-electron chi connectivity index (χ0n) is 15.3. The number of anilines is 1. The lowest BCUT2D eigenvalue weighted by Gasteiger charge is -2.10. The van der Waals surface area contributed by atoms with Crippen LogP contribution in [0.2, 0.25) is 0 Å². The Kier molecular flexibility index (Phi) is 5.34. The average molecular weight is 389 g/mol. The quantitative estimate of drug-likeness (QED) is 0.376. The number of fused-ring (bicyclic) bond motifs is 1. The molecule has 7 heteroatoms. The van der Waals surface area contributed by atoms with E-state index in [1.165, 1.54) is 6.33 Å². The molecule has 0 saturated heterocycles. The molecular weight excluding hydrogens is 370 g/mol. The highest BCUT2D eigenvalue weighted by atomic mass is 32.2. The van der Waals surface area contributed by atoms with Crippen LogP contribution in [0.1, 0.15) is 28.4 Å². The number of amides is 1. The highest BCUT2D eigenvalue weighted by molar-refractivity contribution is 7.98. The Bertz CT molecular complexity index is 1120. The molecule has 0 saturated carbocycles. The Balaban J connectivity index is 1.47. The molecule has 0 aliphatic heterocycles. The topological polar surface area (TPSA) is 83.6 Å². The summed E-state index contributed by atoms with van der Waals surface area (Å²) in [6.45, 7) is 2.05. The standard InChI is InChI=1S/C21H19N5OS/c1-2-15-7-3-4-9-17(15)20(27)25-16-8-5-6-14(10-16)12-28-21-18-11-24-26-19(18)22-13-23-21/h3-11,13H,2,12H2,1H3,(H,25,27)(H,22,23,24,26). The molecule has 6 nitrogen and oxygen atoms in total. The fraction of sp³-hybridized carbons (Fsp3) is 0.143. The number of benzene rings is 2. The van der Waals surface area contributed by atoms with Gasteiger partial charge in [0.15, 0.2) is 5.65 Å². The number of H-pyrrole nitrogens is 1. The van der Waals surface area contributed by atoms with Crippen LogP contribution in [0.5, 0.6) is 0 Å². The number of thioether (sulfide) groups is 1. The molecule has 28 heavy (non-hydrogen) atoms. The summed E-state index contributed by atoms with van der Waals surface area (Å²) in [6.07, 6.45) is 4.09. The van der Waals surface area contributed by atoms with Gasteiger partial charge in [0.2, 0.25) is 0 Å². The van der Waals surface area contributed by atoms with Crippen LogP contribution in [0.25, 0.3) is 11.0 Å². The number of carbonyl (C=O) groups excluding carboxylic acids is 1. The summed E-state index contributed by atoms with van der Waals surface area (Å²) in [5.41, 5.74) is 4.37. The van der Waals surface area contributed by atoms with Crippen molar-refractivity contribution >= 4 is 34.4 Å². The molecule has 0 atom stereocenters. The van der Waals surface area contributed by atoms with Crippen molar-refractivity contribution in [2.24, 2.45) is 0 Å². The monoisotopic (exact) mass is 389 g/mol. The molecule has 0 bridgehead atoms. The van der Waals surface area contributed by atoms with Crippen molar-refractivity contribution in [1.82, 2.24) is 20.2 Å². The lowest BCUT2D eigenvalue weighted by molar-refractivity contribution is 0.102. The van der Waals surface area contributed by atoms with Crippen LogP contribution in [-0.2, 0) is 12.2 Å². The summed E-state index contributed by atoms with van der Waals surface area (Å²) < 4.78 is 0. The second kappa shape index (κ2) is 8.22. The maximum atomic E-state index is 12.7. The number of aryl methyl sites for hydroxylation is 1. The summed E-state index contributed by atoms with van der Waals surface area (Å²) in [6, 6.07) is 15.6. The van der Waals surface area contributed by atoms with E-state index in [4.69, 9.17) is 0 Å². The summed E-state index contributed by atoms with van der Waals surface area (Å²) >= 11 is 1.61. The zero-order valence-corrected chi connectivity index (χ0v) is 16.2. The van der Waals surface area contributed by atoms with Crippen LogP contribution in [0, 0.1) is 0 Å². The molecular formula is C21H19N5OS. The number of carbonyl (C=O) groups is 1. The Hall–Kier alpha value is -3.19. The minimum atomic E-state index is -0.0850. The molecule has 2 aromatic carbocycles. The van der Waals surface area contributed by atoms with Gasteiger partial charge in [-0.15, -0.1) is 11.8 Å². The fourth-order valence-corrected chi connectivity index (χ4v) is 3.91. The van der Waals surface area contributed by atoms with Crippen molar-refractivity contribution in [1.29, 1.82) is 0 Å². The maximum absolute atomic E-state index is 12.7. The zero-order chi connectivity index (χ0) is 19.3. The number of hydrogen-bond acceptors (Lipinski definition) is 5. The molecule has 1 amide bonds. The van der Waals surface area contributed by atoms with Gasteiger partial charge in [-0.1, -0.05) is 37.3 Å². The third kappa shape index (κ3) is 3.89. The van der Waals surface area contributed by atoms with Crippen molar-refractivity contribution in [3.63, 3.8) is 0 Å². The average Bonchev–Trinajstić information content (AvgIpc) is 3.22. The second-order valence-electron chi connectivity index (χ2n) is 6.26. The van der Waals surface area contributed by atoms with Crippen LogP contribution in [0.4, 0.5) is 5.69 Å². The third-order valence-electron chi connectivity index (χ3n) is 4.41. The maximum Gasteiger partial charge on any atom is 0.255 e. The molecule has 0 fully saturated rings. The predicted octanol–water partition coefficient (Wildman–Crippen LogP) is 4.46. The first kappa shape index (κ1) is 18.2. The first-order valence-electron chi connectivity index (χ1n) is 8.99. The van der Waals surface area contributed by atoms with Gasteiger partial charge in [0.05, 0.1) is 11.6 Å². The lowest BCUT2D eigenvalue weighted by Crippen LogP contribution is -2.14. The Morgan fingerprint density at radius 3 is 2.93 bits per heavy atom. The van der Waals surface area contributed by atoms with E-state index in [0.717, 1.165) is 45.0 Å². The molecule has 0 aliphatic rings.